The van der Waals surface area contributed by atoms with Gasteiger partial charge in [-0.15, -0.1) is 0 Å². The maximum absolute atomic E-state index is 2.73. The third-order valence-corrected chi connectivity index (χ3v) is 10.5. The lowest BCUT2D eigenvalue weighted by Gasteiger charge is -2.43. The van der Waals surface area contributed by atoms with Crippen molar-refractivity contribution in [3.63, 3.8) is 0 Å². The van der Waals surface area contributed by atoms with Crippen molar-refractivity contribution >= 4 is 87.6 Å². The van der Waals surface area contributed by atoms with E-state index in [0.29, 0.717) is 26.9 Å². The molecule has 11 rings (SSSR count). The van der Waals surface area contributed by atoms with Crippen LogP contribution in [0.1, 0.15) is 11.1 Å². The molecule has 0 atom stereocenters. The van der Waals surface area contributed by atoms with Crippen LogP contribution in [0.15, 0.2) is 126 Å². The fourth-order valence-electron chi connectivity index (χ4n) is 9.34. The van der Waals surface area contributed by atoms with E-state index in [0.717, 1.165) is 0 Å². The molecule has 5 aromatic rings. The number of para-hydroxylation sites is 1. The Morgan fingerprint density at radius 3 is 1.10 bits per heavy atom. The number of benzene rings is 5. The van der Waals surface area contributed by atoms with Crippen LogP contribution in [0, 0.1) is 0 Å². The molecule has 0 N–H and O–H groups in total. The Morgan fingerprint density at radius 2 is 0.667 bits per heavy atom. The topological polar surface area (TPSA) is 3.24 Å². The van der Waals surface area contributed by atoms with Gasteiger partial charge in [0.25, 0.3) is 0 Å². The maximum atomic E-state index is 2.73. The Kier molecular flexibility index (Phi) is 3.24. The summed E-state index contributed by atoms with van der Waals surface area (Å²) in [6.45, 7) is 1.30. The van der Waals surface area contributed by atoms with Crippen LogP contribution < -0.4 is 48.6 Å². The molecule has 0 aliphatic carbocycles. The molecule has 5 aromatic carbocycles. The second kappa shape index (κ2) is 6.43. The quantitative estimate of drug-likeness (QED) is 0.291. The van der Waals surface area contributed by atoms with E-state index in [2.05, 4.69) is 120 Å². The van der Waals surface area contributed by atoms with Gasteiger partial charge in [-0.2, -0.15) is 0 Å². The summed E-state index contributed by atoms with van der Waals surface area (Å²) in [7, 11) is 0. The van der Waals surface area contributed by atoms with E-state index in [4.69, 9.17) is 0 Å². The van der Waals surface area contributed by atoms with Crippen LogP contribution in [0.25, 0.3) is 11.4 Å². The van der Waals surface area contributed by atoms with Gasteiger partial charge in [-0.3, -0.25) is 0 Å². The largest absolute Gasteiger partial charge is 0.314 e. The van der Waals surface area contributed by atoms with Crippen molar-refractivity contribution in [1.29, 1.82) is 0 Å². The van der Waals surface area contributed by atoms with Gasteiger partial charge in [0.2, 0.25) is 26.9 Å². The molecule has 5 heteroatoms. The highest BCUT2D eigenvalue weighted by atomic mass is 15.2. The van der Waals surface area contributed by atoms with E-state index in [1.54, 1.807) is 10.7 Å². The minimum Gasteiger partial charge on any atom is -0.314 e. The number of hydrogen-bond acceptors (Lipinski definition) is 1. The zero-order valence-corrected chi connectivity index (χ0v) is 21.2. The molecule has 39 heavy (non-hydrogen) atoms. The number of fused-ring (bicyclic) bond motifs is 16. The van der Waals surface area contributed by atoms with Crippen LogP contribution in [-0.2, 0) is 0 Å². The van der Waals surface area contributed by atoms with Crippen molar-refractivity contribution in [3.8, 4) is 0 Å². The molecule has 172 valence electrons. The fraction of sp³-hybridized carbons (Fsp3) is 0. The van der Waals surface area contributed by atoms with Crippen molar-refractivity contribution in [1.82, 2.24) is 0 Å². The zero-order chi connectivity index (χ0) is 25.0. The second-order valence-corrected chi connectivity index (χ2v) is 11.9. The van der Waals surface area contributed by atoms with Gasteiger partial charge in [-0.05, 0) is 22.1 Å². The molecule has 0 fully saturated rings. The van der Waals surface area contributed by atoms with Crippen LogP contribution in [0.4, 0.5) is 5.69 Å². The lowest BCUT2D eigenvalue weighted by atomic mass is 9.25. The summed E-state index contributed by atoms with van der Waals surface area (Å²) in [6.07, 6.45) is 0. The third kappa shape index (κ3) is 2.00. The highest BCUT2D eigenvalue weighted by Crippen LogP contribution is 2.49. The van der Waals surface area contributed by atoms with E-state index in [9.17, 15) is 0 Å². The highest BCUT2D eigenvalue weighted by Gasteiger charge is 2.59. The molecule has 0 saturated carbocycles. The predicted octanol–water partition coefficient (Wildman–Crippen LogP) is 0.590. The molecule has 0 spiro atoms. The van der Waals surface area contributed by atoms with Gasteiger partial charge < -0.3 is 4.90 Å². The van der Waals surface area contributed by atoms with E-state index in [1.807, 2.05) is 0 Å². The minimum atomic E-state index is 0.311. The van der Waals surface area contributed by atoms with Crippen molar-refractivity contribution in [3.05, 3.63) is 137 Å². The lowest BCUT2D eigenvalue weighted by Crippen LogP contribution is -2.57. The molecule has 0 aromatic heterocycles. The van der Waals surface area contributed by atoms with Crippen LogP contribution >= 0.6 is 0 Å². The minimum absolute atomic E-state index is 0.311. The SMILES string of the molecule is c1ccc2c(c1)B1C3=C(c4ccccc41)N1C4=C5B(c6ccccc6B5c5cccc(c51)B32)c1ccccc14. The third-order valence-electron chi connectivity index (χ3n) is 10.5. The van der Waals surface area contributed by atoms with Crippen LogP contribution in [0.3, 0.4) is 0 Å². The molecule has 6 heterocycles. The average molecular weight is 485 g/mol. The Labute approximate surface area is 229 Å². The summed E-state index contributed by atoms with van der Waals surface area (Å²) in [5.41, 5.74) is 19.0. The summed E-state index contributed by atoms with van der Waals surface area (Å²) < 4.78 is 0. The molecular formula is C34H19B4N. The number of hydrogen-bond donors (Lipinski definition) is 0. The zero-order valence-electron chi connectivity index (χ0n) is 21.2. The summed E-state index contributed by atoms with van der Waals surface area (Å²) in [5.74, 6) is 0. The van der Waals surface area contributed by atoms with Crippen molar-refractivity contribution < 1.29 is 0 Å². The molecule has 1 nitrogen and oxygen atoms in total. The van der Waals surface area contributed by atoms with Gasteiger partial charge in [-0.25, -0.2) is 0 Å². The smallest absolute Gasteiger partial charge is 0.233 e. The first-order valence-electron chi connectivity index (χ1n) is 14.2. The fourth-order valence-corrected chi connectivity index (χ4v) is 9.34. The average Bonchev–Trinajstić information content (AvgIpc) is 3.71. The van der Waals surface area contributed by atoms with E-state index in [1.165, 1.54) is 71.9 Å². The monoisotopic (exact) mass is 485 g/mol. The first kappa shape index (κ1) is 19.7. The first-order valence-corrected chi connectivity index (χ1v) is 14.2. The first-order chi connectivity index (χ1) is 19.4. The predicted molar refractivity (Wildman–Crippen MR) is 169 cm³/mol. The van der Waals surface area contributed by atoms with E-state index in [-0.39, 0.29) is 0 Å². The Hall–Kier alpha value is -4.36. The van der Waals surface area contributed by atoms with Crippen LogP contribution in [-0.4, -0.2) is 26.9 Å². The molecular weight excluding hydrogens is 466 g/mol. The van der Waals surface area contributed by atoms with Gasteiger partial charge in [0.05, 0.1) is 0 Å². The van der Waals surface area contributed by atoms with Gasteiger partial charge in [0.15, 0.2) is 0 Å². The number of anilines is 1. The van der Waals surface area contributed by atoms with Gasteiger partial charge in [0, 0.05) is 17.1 Å². The molecule has 0 bridgehead atoms. The van der Waals surface area contributed by atoms with Crippen molar-refractivity contribution in [2.75, 3.05) is 4.90 Å². The normalized spacial score (nSPS) is 17.3. The van der Waals surface area contributed by atoms with Crippen molar-refractivity contribution in [2.24, 2.45) is 0 Å². The summed E-state index contributed by atoms with van der Waals surface area (Å²) in [6, 6.07) is 44.1. The van der Waals surface area contributed by atoms with E-state index < -0.39 is 0 Å². The summed E-state index contributed by atoms with van der Waals surface area (Å²) in [5, 5.41) is 3.18. The Bertz CT molecular complexity index is 1930. The molecule has 0 unspecified atom stereocenters. The van der Waals surface area contributed by atoms with Crippen molar-refractivity contribution in [2.45, 2.75) is 0 Å². The molecule has 0 radical (unpaired) electrons. The number of rotatable bonds is 0. The summed E-state index contributed by atoms with van der Waals surface area (Å²) in [4.78, 5) is 2.73. The van der Waals surface area contributed by atoms with Gasteiger partial charge in [0.1, 0.15) is 0 Å². The molecule has 6 aliphatic heterocycles. The van der Waals surface area contributed by atoms with E-state index >= 15 is 0 Å². The Balaban J connectivity index is 1.33. The molecule has 6 aliphatic rings. The second-order valence-electron chi connectivity index (χ2n) is 11.9. The lowest BCUT2D eigenvalue weighted by molar-refractivity contribution is 1.32. The maximum Gasteiger partial charge on any atom is 0.233 e. The number of nitrogens with zero attached hydrogens (tertiary/aromatic N) is 1. The molecule has 0 amide bonds. The van der Waals surface area contributed by atoms with Gasteiger partial charge >= 0.3 is 0 Å². The Morgan fingerprint density at radius 1 is 0.333 bits per heavy atom. The summed E-state index contributed by atoms with van der Waals surface area (Å²) >= 11 is 0. The standard InChI is InChI=1S/C34H19B4N/c1-3-12-22-20(10-1)30-33-35(22)24-14-5-7-16-26(24)37(33)28-18-9-19-29-32(28)39(30)31-21-11-2-4-13-23(21)36-25-15-6-8-17-27(25)38(29)34(31)36/h1-19H. The van der Waals surface area contributed by atoms with Crippen LogP contribution in [0.5, 0.6) is 0 Å². The highest BCUT2D eigenvalue weighted by molar-refractivity contribution is 7.22. The van der Waals surface area contributed by atoms with Crippen LogP contribution in [0.2, 0.25) is 0 Å². The van der Waals surface area contributed by atoms with Gasteiger partial charge in [-0.1, -0.05) is 159 Å². The molecule has 0 saturated heterocycles.